The lowest BCUT2D eigenvalue weighted by molar-refractivity contribution is -0.161. The maximum absolute atomic E-state index is 12.6. The molecule has 0 saturated carbocycles. The van der Waals surface area contributed by atoms with Crippen LogP contribution < -0.4 is 0 Å². The van der Waals surface area contributed by atoms with Crippen molar-refractivity contribution in [3.8, 4) is 0 Å². The first-order chi connectivity index (χ1) is 27.7. The molecule has 1 unspecified atom stereocenters. The highest BCUT2D eigenvalue weighted by atomic mass is 31.2. The molecular weight excluding hydrogens is 743 g/mol. The highest BCUT2D eigenvalue weighted by molar-refractivity contribution is 7.47. The normalized spacial score (nSPS) is 14.3. The topological polar surface area (TPSA) is 149 Å². The Labute approximate surface area is 347 Å². The van der Waals surface area contributed by atoms with Gasteiger partial charge in [-0.05, 0) is 51.4 Å². The van der Waals surface area contributed by atoms with Crippen molar-refractivity contribution in [1.82, 2.24) is 0 Å². The minimum absolute atomic E-state index is 0.166. The van der Waals surface area contributed by atoms with Crippen LogP contribution in [0.2, 0.25) is 0 Å². The Morgan fingerprint density at radius 1 is 0.526 bits per heavy atom. The third-order valence-electron chi connectivity index (χ3n) is 9.49. The van der Waals surface area contributed by atoms with Gasteiger partial charge in [-0.2, -0.15) is 0 Å². The molecule has 0 radical (unpaired) electrons. The molecule has 11 heteroatoms. The number of phosphoric acid groups is 1. The second-order valence-electron chi connectivity index (χ2n) is 15.1. The number of phosphoric ester groups is 1. The van der Waals surface area contributed by atoms with Gasteiger partial charge in [0.1, 0.15) is 12.7 Å². The van der Waals surface area contributed by atoms with Crippen molar-refractivity contribution >= 4 is 19.8 Å². The Bertz CT molecular complexity index is 1090. The predicted octanol–water partition coefficient (Wildman–Crippen LogP) is 12.1. The standard InChI is InChI=1S/C46H83O10P/c1-3-5-7-9-11-13-15-17-19-21-23-25-27-29-31-33-35-37-45(49)53-41-44(42-55-57(51,52)54-40-43(48)39-47)56-46(50)38-36-34-32-30-28-26-24-22-20-18-16-14-12-10-8-6-4-2/h11,13,17,19,23,25,29,31,43-44,47-48H,3-10,12,14-16,18,20-22,24,26-28,30,32-42H2,1-2H3,(H,51,52)/b13-11+,19-17+,25-23+,31-29+/t43-,44+/m0/s1. The minimum atomic E-state index is -4.63. The van der Waals surface area contributed by atoms with E-state index in [-0.39, 0.29) is 19.4 Å². The van der Waals surface area contributed by atoms with Gasteiger partial charge in [0, 0.05) is 12.8 Å². The van der Waals surface area contributed by atoms with E-state index in [1.54, 1.807) is 0 Å². The van der Waals surface area contributed by atoms with Gasteiger partial charge in [0.05, 0.1) is 19.8 Å². The molecule has 0 aromatic rings. The molecule has 0 aromatic heterocycles. The molecule has 0 saturated heterocycles. The molecule has 0 bridgehead atoms. The number of carbonyl (C=O) groups is 2. The average molecular weight is 827 g/mol. The molecule has 0 aliphatic rings. The molecule has 3 atom stereocenters. The van der Waals surface area contributed by atoms with E-state index in [0.717, 1.165) is 44.9 Å². The molecule has 0 amide bonds. The number of aliphatic hydroxyl groups is 2. The smallest absolute Gasteiger partial charge is 0.462 e. The summed E-state index contributed by atoms with van der Waals surface area (Å²) in [5.41, 5.74) is 0. The van der Waals surface area contributed by atoms with Gasteiger partial charge in [-0.3, -0.25) is 18.6 Å². The summed E-state index contributed by atoms with van der Waals surface area (Å²) in [6.45, 7) is 2.31. The Morgan fingerprint density at radius 2 is 0.930 bits per heavy atom. The largest absolute Gasteiger partial charge is 0.472 e. The second-order valence-corrected chi connectivity index (χ2v) is 16.5. The number of hydrogen-bond acceptors (Lipinski definition) is 9. The van der Waals surface area contributed by atoms with Gasteiger partial charge in [-0.25, -0.2) is 4.57 Å². The van der Waals surface area contributed by atoms with Crippen molar-refractivity contribution in [2.75, 3.05) is 26.4 Å². The molecule has 10 nitrogen and oxygen atoms in total. The van der Waals surface area contributed by atoms with Gasteiger partial charge in [0.15, 0.2) is 6.10 Å². The maximum Gasteiger partial charge on any atom is 0.472 e. The van der Waals surface area contributed by atoms with Crippen LogP contribution in [-0.4, -0.2) is 65.7 Å². The van der Waals surface area contributed by atoms with Crippen LogP contribution in [0.5, 0.6) is 0 Å². The van der Waals surface area contributed by atoms with E-state index >= 15 is 0 Å². The monoisotopic (exact) mass is 827 g/mol. The molecule has 57 heavy (non-hydrogen) atoms. The first-order valence-corrected chi connectivity index (χ1v) is 24.1. The first-order valence-electron chi connectivity index (χ1n) is 22.6. The lowest BCUT2D eigenvalue weighted by atomic mass is 10.0. The number of rotatable bonds is 42. The van der Waals surface area contributed by atoms with Gasteiger partial charge < -0.3 is 24.6 Å². The van der Waals surface area contributed by atoms with Crippen LogP contribution in [0.15, 0.2) is 48.6 Å². The number of carbonyl (C=O) groups excluding carboxylic acids is 2. The molecule has 0 spiro atoms. The number of hydrogen-bond donors (Lipinski definition) is 3. The van der Waals surface area contributed by atoms with E-state index in [9.17, 15) is 24.2 Å². The number of aliphatic hydroxyl groups excluding tert-OH is 2. The van der Waals surface area contributed by atoms with Gasteiger partial charge in [0.2, 0.25) is 0 Å². The zero-order valence-electron chi connectivity index (χ0n) is 36.0. The Morgan fingerprint density at radius 3 is 1.42 bits per heavy atom. The summed E-state index contributed by atoms with van der Waals surface area (Å²) in [5, 5.41) is 18.3. The van der Waals surface area contributed by atoms with Gasteiger partial charge in [0.25, 0.3) is 0 Å². The molecule has 0 fully saturated rings. The van der Waals surface area contributed by atoms with E-state index in [4.69, 9.17) is 19.1 Å². The molecular formula is C46H83O10P. The summed E-state index contributed by atoms with van der Waals surface area (Å²) >= 11 is 0. The van der Waals surface area contributed by atoms with Gasteiger partial charge in [-0.1, -0.05) is 178 Å². The van der Waals surface area contributed by atoms with Crippen LogP contribution in [0.1, 0.15) is 194 Å². The summed E-state index contributed by atoms with van der Waals surface area (Å²) < 4.78 is 32.7. The molecule has 0 aliphatic heterocycles. The third-order valence-corrected chi connectivity index (χ3v) is 10.4. The van der Waals surface area contributed by atoms with E-state index in [2.05, 4.69) is 60.9 Å². The van der Waals surface area contributed by atoms with E-state index in [1.165, 1.54) is 103 Å². The van der Waals surface area contributed by atoms with Crippen molar-refractivity contribution in [3.05, 3.63) is 48.6 Å². The van der Waals surface area contributed by atoms with Crippen molar-refractivity contribution in [1.29, 1.82) is 0 Å². The van der Waals surface area contributed by atoms with Gasteiger partial charge >= 0.3 is 19.8 Å². The van der Waals surface area contributed by atoms with Crippen molar-refractivity contribution in [3.63, 3.8) is 0 Å². The van der Waals surface area contributed by atoms with E-state index < -0.39 is 51.8 Å². The SMILES string of the molecule is CCCCC/C=C/C/C=C/C/C=C/C/C=C/CCCC(=O)OC[C@H](COP(=O)(O)OC[C@@H](O)CO)OC(=O)CCCCCCCCCCCCCCCCCCC. The van der Waals surface area contributed by atoms with Crippen molar-refractivity contribution in [2.45, 2.75) is 206 Å². The summed E-state index contributed by atoms with van der Waals surface area (Å²) in [6.07, 6.45) is 45.1. The van der Waals surface area contributed by atoms with Crippen LogP contribution in [0.4, 0.5) is 0 Å². The fourth-order valence-corrected chi connectivity index (χ4v) is 6.78. The highest BCUT2D eigenvalue weighted by Gasteiger charge is 2.27. The van der Waals surface area contributed by atoms with Crippen molar-refractivity contribution in [2.24, 2.45) is 0 Å². The summed E-state index contributed by atoms with van der Waals surface area (Å²) in [6, 6.07) is 0. The number of unbranched alkanes of at least 4 members (excludes halogenated alkanes) is 20. The number of ether oxygens (including phenoxy) is 2. The Kier molecular flexibility index (Phi) is 40.5. The number of allylic oxidation sites excluding steroid dienone is 8. The first kappa shape index (κ1) is 54.9. The second kappa shape index (κ2) is 42.1. The zero-order valence-corrected chi connectivity index (χ0v) is 36.9. The van der Waals surface area contributed by atoms with Gasteiger partial charge in [-0.15, -0.1) is 0 Å². The van der Waals surface area contributed by atoms with E-state index in [0.29, 0.717) is 19.3 Å². The summed E-state index contributed by atoms with van der Waals surface area (Å²) in [5.74, 6) is -0.986. The van der Waals surface area contributed by atoms with E-state index in [1.807, 2.05) is 6.08 Å². The summed E-state index contributed by atoms with van der Waals surface area (Å²) in [4.78, 5) is 35.0. The maximum atomic E-state index is 12.6. The van der Waals surface area contributed by atoms with Crippen LogP contribution in [0, 0.1) is 0 Å². The fourth-order valence-electron chi connectivity index (χ4n) is 5.99. The number of esters is 2. The molecule has 0 aromatic carbocycles. The third kappa shape index (κ3) is 41.9. The van der Waals surface area contributed by atoms with Crippen LogP contribution in [0.3, 0.4) is 0 Å². The van der Waals surface area contributed by atoms with Crippen LogP contribution in [-0.2, 0) is 32.7 Å². The van der Waals surface area contributed by atoms with Crippen LogP contribution >= 0.6 is 7.82 Å². The van der Waals surface area contributed by atoms with Crippen LogP contribution in [0.25, 0.3) is 0 Å². The quantitative estimate of drug-likeness (QED) is 0.0235. The highest BCUT2D eigenvalue weighted by Crippen LogP contribution is 2.43. The fraction of sp³-hybridized carbons (Fsp3) is 0.783. The molecule has 0 aliphatic carbocycles. The molecule has 332 valence electrons. The molecule has 0 heterocycles. The Balaban J connectivity index is 4.35. The lowest BCUT2D eigenvalue weighted by Crippen LogP contribution is -2.29. The average Bonchev–Trinajstić information content (AvgIpc) is 3.20. The van der Waals surface area contributed by atoms with Crippen molar-refractivity contribution < 1.29 is 47.8 Å². The zero-order chi connectivity index (χ0) is 41.9. The lowest BCUT2D eigenvalue weighted by Gasteiger charge is -2.20. The molecule has 0 rings (SSSR count). The Hall–Kier alpha value is -2.07. The predicted molar refractivity (Wildman–Crippen MR) is 233 cm³/mol. The minimum Gasteiger partial charge on any atom is -0.462 e. The summed E-state index contributed by atoms with van der Waals surface area (Å²) in [7, 11) is -4.63. The molecule has 3 N–H and O–H groups in total.